The number of nitrogens with zero attached hydrogens (tertiary/aromatic N) is 1. The monoisotopic (exact) mass is 312 g/mol. The van der Waals surface area contributed by atoms with Crippen molar-refractivity contribution < 1.29 is 9.59 Å². The first kappa shape index (κ1) is 18.9. The smallest absolute Gasteiger partial charge is 0.234 e. The highest BCUT2D eigenvalue weighted by Gasteiger charge is 2.22. The lowest BCUT2D eigenvalue weighted by atomic mass is 9.96. The van der Waals surface area contributed by atoms with E-state index >= 15 is 0 Å². The number of nitrogens with two attached hydrogens (primary N) is 1. The van der Waals surface area contributed by atoms with Crippen molar-refractivity contribution in [3.63, 3.8) is 0 Å². The number of nitrogens with one attached hydrogen (secondary N) is 2. The largest absolute Gasteiger partial charge is 0.356 e. The van der Waals surface area contributed by atoms with Crippen LogP contribution in [0.25, 0.3) is 0 Å². The quantitative estimate of drug-likeness (QED) is 0.665. The Morgan fingerprint density at radius 3 is 2.32 bits per heavy atom. The third kappa shape index (κ3) is 8.34. The van der Waals surface area contributed by atoms with E-state index in [1.165, 1.54) is 0 Å². The molecule has 1 heterocycles. The summed E-state index contributed by atoms with van der Waals surface area (Å²) in [6.07, 6.45) is 2.41. The van der Waals surface area contributed by atoms with Gasteiger partial charge in [-0.25, -0.2) is 0 Å². The molecular weight excluding hydrogens is 280 g/mol. The van der Waals surface area contributed by atoms with Crippen molar-refractivity contribution in [2.75, 3.05) is 26.2 Å². The van der Waals surface area contributed by atoms with Gasteiger partial charge in [0, 0.05) is 24.5 Å². The van der Waals surface area contributed by atoms with Crippen molar-refractivity contribution in [1.29, 1.82) is 0 Å². The minimum atomic E-state index is -0.181. The maximum Gasteiger partial charge on any atom is 0.234 e. The summed E-state index contributed by atoms with van der Waals surface area (Å²) in [6, 6.07) is -0.0943. The van der Waals surface area contributed by atoms with E-state index in [1.54, 1.807) is 0 Å². The molecule has 128 valence electrons. The van der Waals surface area contributed by atoms with Crippen molar-refractivity contribution in [3.8, 4) is 0 Å². The molecule has 0 aliphatic carbocycles. The zero-order valence-electron chi connectivity index (χ0n) is 14.4. The fourth-order valence-corrected chi connectivity index (χ4v) is 2.63. The molecule has 1 aliphatic heterocycles. The van der Waals surface area contributed by atoms with E-state index in [-0.39, 0.29) is 23.4 Å². The van der Waals surface area contributed by atoms with E-state index in [9.17, 15) is 9.59 Å². The van der Waals surface area contributed by atoms with Crippen LogP contribution < -0.4 is 16.4 Å². The minimum absolute atomic E-state index is 0.0296. The number of hydrogen-bond acceptors (Lipinski definition) is 4. The number of piperidine rings is 1. The van der Waals surface area contributed by atoms with Crippen LogP contribution in [-0.2, 0) is 9.59 Å². The molecule has 0 saturated carbocycles. The van der Waals surface area contributed by atoms with E-state index in [2.05, 4.69) is 15.5 Å². The van der Waals surface area contributed by atoms with Crippen molar-refractivity contribution in [2.24, 2.45) is 11.7 Å². The van der Waals surface area contributed by atoms with Crippen LogP contribution in [0.2, 0.25) is 0 Å². The maximum atomic E-state index is 11.9. The van der Waals surface area contributed by atoms with Gasteiger partial charge in [-0.05, 0) is 59.5 Å². The Kier molecular flexibility index (Phi) is 7.29. The topological polar surface area (TPSA) is 87.5 Å². The van der Waals surface area contributed by atoms with Gasteiger partial charge in [0.2, 0.25) is 11.8 Å². The van der Waals surface area contributed by atoms with E-state index in [0.717, 1.165) is 25.9 Å². The predicted molar refractivity (Wildman–Crippen MR) is 88.3 cm³/mol. The first-order valence-corrected chi connectivity index (χ1v) is 8.21. The zero-order valence-corrected chi connectivity index (χ0v) is 14.4. The molecule has 0 radical (unpaired) electrons. The van der Waals surface area contributed by atoms with Gasteiger partial charge >= 0.3 is 0 Å². The van der Waals surface area contributed by atoms with Crippen LogP contribution >= 0.6 is 0 Å². The Morgan fingerprint density at radius 1 is 1.23 bits per heavy atom. The third-order valence-electron chi connectivity index (χ3n) is 3.68. The molecular formula is C16H32N4O2. The van der Waals surface area contributed by atoms with Crippen LogP contribution in [0.5, 0.6) is 0 Å². The summed E-state index contributed by atoms with van der Waals surface area (Å²) in [4.78, 5) is 25.7. The van der Waals surface area contributed by atoms with Crippen LogP contribution in [0, 0.1) is 5.92 Å². The van der Waals surface area contributed by atoms with Crippen molar-refractivity contribution in [2.45, 2.75) is 58.5 Å². The number of carbonyl (C=O) groups excluding carboxylic acids is 2. The van der Waals surface area contributed by atoms with Gasteiger partial charge in [0.25, 0.3) is 0 Å². The molecule has 1 unspecified atom stereocenters. The van der Waals surface area contributed by atoms with Crippen LogP contribution in [0.4, 0.5) is 0 Å². The van der Waals surface area contributed by atoms with Gasteiger partial charge in [-0.1, -0.05) is 0 Å². The maximum absolute atomic E-state index is 11.9. The summed E-state index contributed by atoms with van der Waals surface area (Å²) < 4.78 is 0. The Morgan fingerprint density at radius 2 is 1.82 bits per heavy atom. The standard InChI is InChI=1S/C16H32N4O2/c1-12(17)9-14(21)18-10-13-5-7-20(8-6-13)11-15(22)19-16(2,3)4/h12-13H,5-11,17H2,1-4H3,(H,18,21)(H,19,22). The summed E-state index contributed by atoms with van der Waals surface area (Å²) in [6.45, 7) is 10.8. The first-order valence-electron chi connectivity index (χ1n) is 8.21. The lowest BCUT2D eigenvalue weighted by molar-refractivity contribution is -0.124. The molecule has 22 heavy (non-hydrogen) atoms. The van der Waals surface area contributed by atoms with E-state index in [1.807, 2.05) is 27.7 Å². The number of amides is 2. The molecule has 6 nitrogen and oxygen atoms in total. The normalized spacial score (nSPS) is 18.8. The highest BCUT2D eigenvalue weighted by Crippen LogP contribution is 2.16. The highest BCUT2D eigenvalue weighted by molar-refractivity contribution is 5.78. The molecule has 0 aromatic carbocycles. The predicted octanol–water partition coefficient (Wildman–Crippen LogP) is 0.467. The molecule has 0 spiro atoms. The Balaban J connectivity index is 2.21. The van der Waals surface area contributed by atoms with Gasteiger partial charge < -0.3 is 16.4 Å². The fraction of sp³-hybridized carbons (Fsp3) is 0.875. The minimum Gasteiger partial charge on any atom is -0.356 e. The second kappa shape index (κ2) is 8.48. The van der Waals surface area contributed by atoms with Gasteiger partial charge in [-0.15, -0.1) is 0 Å². The molecule has 0 bridgehead atoms. The summed E-state index contributed by atoms with van der Waals surface area (Å²) in [5.41, 5.74) is 5.42. The van der Waals surface area contributed by atoms with Crippen LogP contribution in [0.15, 0.2) is 0 Å². The molecule has 0 aromatic rings. The molecule has 4 N–H and O–H groups in total. The number of rotatable bonds is 6. The number of likely N-dealkylation sites (tertiary alicyclic amines) is 1. The summed E-state index contributed by atoms with van der Waals surface area (Å²) in [5.74, 6) is 0.608. The molecule has 6 heteroatoms. The van der Waals surface area contributed by atoms with Gasteiger partial charge in [0.1, 0.15) is 0 Å². The van der Waals surface area contributed by atoms with Gasteiger partial charge in [-0.2, -0.15) is 0 Å². The Labute approximate surface area is 134 Å². The van der Waals surface area contributed by atoms with Gasteiger partial charge in [0.05, 0.1) is 6.54 Å². The zero-order chi connectivity index (χ0) is 16.8. The summed E-state index contributed by atoms with van der Waals surface area (Å²) in [7, 11) is 0. The summed E-state index contributed by atoms with van der Waals surface area (Å²) >= 11 is 0. The Hall–Kier alpha value is -1.14. The fourth-order valence-electron chi connectivity index (χ4n) is 2.63. The molecule has 1 aliphatic rings. The average Bonchev–Trinajstić information content (AvgIpc) is 2.34. The van der Waals surface area contributed by atoms with Crippen LogP contribution in [0.3, 0.4) is 0 Å². The molecule has 1 saturated heterocycles. The van der Waals surface area contributed by atoms with E-state index < -0.39 is 0 Å². The van der Waals surface area contributed by atoms with Crippen molar-refractivity contribution >= 4 is 11.8 Å². The molecule has 1 atom stereocenters. The van der Waals surface area contributed by atoms with E-state index in [0.29, 0.717) is 25.4 Å². The number of carbonyl (C=O) groups is 2. The lowest BCUT2D eigenvalue weighted by Crippen LogP contribution is -2.48. The first-order chi connectivity index (χ1) is 10.2. The molecule has 1 fully saturated rings. The van der Waals surface area contributed by atoms with Gasteiger partial charge in [-0.3, -0.25) is 14.5 Å². The third-order valence-corrected chi connectivity index (χ3v) is 3.68. The number of hydrogen-bond donors (Lipinski definition) is 3. The summed E-state index contributed by atoms with van der Waals surface area (Å²) in [5, 5.41) is 5.94. The van der Waals surface area contributed by atoms with Crippen LogP contribution in [0.1, 0.15) is 47.0 Å². The Bertz CT molecular complexity index is 369. The molecule has 1 rings (SSSR count). The highest BCUT2D eigenvalue weighted by atomic mass is 16.2. The second-order valence-corrected chi connectivity index (χ2v) is 7.50. The second-order valence-electron chi connectivity index (χ2n) is 7.50. The molecule has 0 aromatic heterocycles. The van der Waals surface area contributed by atoms with Crippen molar-refractivity contribution in [1.82, 2.24) is 15.5 Å². The van der Waals surface area contributed by atoms with Gasteiger partial charge in [0.15, 0.2) is 0 Å². The molecule has 2 amide bonds. The lowest BCUT2D eigenvalue weighted by Gasteiger charge is -2.32. The van der Waals surface area contributed by atoms with Crippen molar-refractivity contribution in [3.05, 3.63) is 0 Å². The SMILES string of the molecule is CC(N)CC(=O)NCC1CCN(CC(=O)NC(C)(C)C)CC1. The average molecular weight is 312 g/mol. The van der Waals surface area contributed by atoms with E-state index in [4.69, 9.17) is 5.73 Å². The van der Waals surface area contributed by atoms with Crippen LogP contribution in [-0.4, -0.2) is 54.5 Å².